The van der Waals surface area contributed by atoms with Crippen LogP contribution < -0.4 is 5.73 Å². The molecule has 1 heterocycles. The van der Waals surface area contributed by atoms with Gasteiger partial charge in [0.15, 0.2) is 6.04 Å². The lowest BCUT2D eigenvalue weighted by molar-refractivity contribution is -0.145. The van der Waals surface area contributed by atoms with Crippen LogP contribution in [0.5, 0.6) is 0 Å². The van der Waals surface area contributed by atoms with Gasteiger partial charge in [0.2, 0.25) is 0 Å². The molecule has 6 N–H and O–H groups in total. The Morgan fingerprint density at radius 2 is 1.46 bits per heavy atom. The van der Waals surface area contributed by atoms with E-state index >= 15 is 0 Å². The van der Waals surface area contributed by atoms with Crippen molar-refractivity contribution < 1.29 is 45.1 Å². The third kappa shape index (κ3) is 4.42. The van der Waals surface area contributed by atoms with Crippen molar-refractivity contribution in [2.75, 3.05) is 0 Å². The highest BCUT2D eigenvalue weighted by atomic mass is 16.4. The van der Waals surface area contributed by atoms with Crippen LogP contribution >= 0.6 is 0 Å². The zero-order valence-electron chi connectivity index (χ0n) is 17.2. The number of carboxylic acid groups (broad SMARTS) is 2. The standard InChI is InChI=1S/C12H11NO5.C4H9NO3/c1-6(14)9(12(17)18)13-10(15)7-4-2-3-5-8(7)11(13)16;1-2(6)3(5)4(7)8/h2-6,9,14H,1H3,(H,17,18);2-3,6H,5H2,1H3,(H,7,8)/t6-,9+;2-,3+/m11/s1/i2*1D2. The topological polar surface area (TPSA) is 178 Å². The van der Waals surface area contributed by atoms with Gasteiger partial charge in [-0.2, -0.15) is 0 Å². The summed E-state index contributed by atoms with van der Waals surface area (Å²) < 4.78 is 27.3. The van der Waals surface area contributed by atoms with E-state index in [-0.39, 0.29) is 11.1 Å². The van der Waals surface area contributed by atoms with E-state index in [0.717, 1.165) is 0 Å². The fourth-order valence-electron chi connectivity index (χ4n) is 2.02. The van der Waals surface area contributed by atoms with Crippen LogP contribution in [0.2, 0.25) is 0 Å². The molecule has 4 atom stereocenters. The van der Waals surface area contributed by atoms with Gasteiger partial charge in [-0.3, -0.25) is 19.3 Å². The van der Waals surface area contributed by atoms with E-state index in [9.17, 15) is 24.3 Å². The van der Waals surface area contributed by atoms with E-state index < -0.39 is 61.8 Å². The maximum Gasteiger partial charge on any atom is 0.329 e. The van der Waals surface area contributed by atoms with Gasteiger partial charge in [-0.15, -0.1) is 0 Å². The molecule has 0 bridgehead atoms. The molecule has 10 nitrogen and oxygen atoms in total. The Morgan fingerprint density at radius 1 is 1.00 bits per heavy atom. The molecule has 26 heavy (non-hydrogen) atoms. The van der Waals surface area contributed by atoms with Crippen LogP contribution in [-0.4, -0.2) is 73.4 Å². The van der Waals surface area contributed by atoms with Gasteiger partial charge in [0.05, 0.1) is 23.3 Å². The first-order valence-electron chi connectivity index (χ1n) is 9.37. The minimum atomic E-state index is -1.99. The monoisotopic (exact) mass is 372 g/mol. The van der Waals surface area contributed by atoms with Gasteiger partial charge >= 0.3 is 11.9 Å². The number of carboxylic acids is 2. The van der Waals surface area contributed by atoms with Gasteiger partial charge in [0.25, 0.3) is 11.8 Å². The zero-order valence-corrected chi connectivity index (χ0v) is 13.2. The van der Waals surface area contributed by atoms with E-state index in [4.69, 9.17) is 26.5 Å². The molecule has 0 aliphatic carbocycles. The van der Waals surface area contributed by atoms with Gasteiger partial charge in [-0.05, 0) is 25.9 Å². The van der Waals surface area contributed by atoms with Crippen molar-refractivity contribution >= 4 is 23.8 Å². The second kappa shape index (κ2) is 8.52. The first-order chi connectivity index (χ1) is 13.8. The van der Waals surface area contributed by atoms with Gasteiger partial charge in [0.1, 0.15) is 6.04 Å². The minimum Gasteiger partial charge on any atom is -0.480 e. The Kier molecular flexibility index (Phi) is 5.06. The Bertz CT molecular complexity index is 787. The van der Waals surface area contributed by atoms with Gasteiger partial charge in [-0.25, -0.2) is 4.79 Å². The van der Waals surface area contributed by atoms with Gasteiger partial charge < -0.3 is 26.2 Å². The Labute approximate surface area is 154 Å². The number of nitrogens with two attached hydrogens (primary N) is 1. The maximum absolute atomic E-state index is 12.1. The molecule has 1 aromatic carbocycles. The molecule has 0 fully saturated rings. The Morgan fingerprint density at radius 3 is 1.77 bits per heavy atom. The highest BCUT2D eigenvalue weighted by Crippen LogP contribution is 2.25. The van der Waals surface area contributed by atoms with Crippen molar-refractivity contribution in [1.29, 1.82) is 0 Å². The van der Waals surface area contributed by atoms with Crippen LogP contribution in [0.3, 0.4) is 0 Å². The molecule has 0 spiro atoms. The molecule has 10 heteroatoms. The smallest absolute Gasteiger partial charge is 0.329 e. The van der Waals surface area contributed by atoms with Crippen molar-refractivity contribution in [3.63, 3.8) is 0 Å². The van der Waals surface area contributed by atoms with Crippen molar-refractivity contribution in [3.8, 4) is 0 Å². The average Bonchev–Trinajstić information content (AvgIpc) is 2.92. The van der Waals surface area contributed by atoms with Gasteiger partial charge in [-0.1, -0.05) is 12.1 Å². The third-order valence-electron chi connectivity index (χ3n) is 3.33. The maximum atomic E-state index is 12.1. The minimum absolute atomic E-state index is 0.0439. The van der Waals surface area contributed by atoms with Crippen molar-refractivity contribution in [1.82, 2.24) is 4.90 Å². The largest absolute Gasteiger partial charge is 0.480 e. The number of carbonyl (C=O) groups excluding carboxylic acids is 2. The SMILES string of the molecule is [2H]C([2H])[C@@H](O)[C@@H](C(=O)O)N1C(=O)c2ccccc2C1=O.[2H]C([2H])[C@@H](O)[C@H](N)C(=O)O. The van der Waals surface area contributed by atoms with Crippen LogP contribution in [0.4, 0.5) is 0 Å². The Balaban J connectivity index is 0.000000382. The molecule has 1 aliphatic heterocycles. The van der Waals surface area contributed by atoms with Crippen LogP contribution in [0.25, 0.3) is 0 Å². The average molecular weight is 372 g/mol. The fraction of sp³-hybridized carbons (Fsp3) is 0.375. The number of carbonyl (C=O) groups is 4. The summed E-state index contributed by atoms with van der Waals surface area (Å²) in [5.41, 5.74) is 4.96. The fourth-order valence-corrected chi connectivity index (χ4v) is 2.02. The summed E-state index contributed by atoms with van der Waals surface area (Å²) in [6, 6.07) is 2.30. The predicted molar refractivity (Wildman–Crippen MR) is 87.3 cm³/mol. The molecule has 1 aliphatic rings. The summed E-state index contributed by atoms with van der Waals surface area (Å²) in [6.45, 7) is -3.52. The highest BCUT2D eigenvalue weighted by molar-refractivity contribution is 6.22. The lowest BCUT2D eigenvalue weighted by Crippen LogP contribution is -2.50. The highest BCUT2D eigenvalue weighted by Gasteiger charge is 2.44. The molecule has 142 valence electrons. The normalized spacial score (nSPS) is 20.0. The molecule has 0 saturated carbocycles. The van der Waals surface area contributed by atoms with Gasteiger partial charge in [0, 0.05) is 5.48 Å². The summed E-state index contributed by atoms with van der Waals surface area (Å²) in [4.78, 5) is 45.8. The van der Waals surface area contributed by atoms with E-state index in [1.165, 1.54) is 24.3 Å². The predicted octanol–water partition coefficient (Wildman–Crippen LogP) is -1.10. The van der Waals surface area contributed by atoms with E-state index in [1.807, 2.05) is 0 Å². The summed E-state index contributed by atoms with van der Waals surface area (Å²) >= 11 is 0. The second-order valence-corrected chi connectivity index (χ2v) is 5.15. The molecule has 0 unspecified atom stereocenters. The molecule has 0 saturated heterocycles. The lowest BCUT2D eigenvalue weighted by Gasteiger charge is -2.24. The van der Waals surface area contributed by atoms with Crippen molar-refractivity contribution in [2.24, 2.45) is 5.73 Å². The third-order valence-corrected chi connectivity index (χ3v) is 3.33. The number of nitrogens with zero attached hydrogens (tertiary/aromatic N) is 1. The van der Waals surface area contributed by atoms with Crippen molar-refractivity contribution in [2.45, 2.75) is 38.0 Å². The number of fused-ring (bicyclic) bond motifs is 1. The van der Waals surface area contributed by atoms with Crippen LogP contribution in [0.15, 0.2) is 24.3 Å². The number of benzene rings is 1. The summed E-state index contributed by atoms with van der Waals surface area (Å²) in [5.74, 6) is -4.75. The van der Waals surface area contributed by atoms with E-state index in [1.54, 1.807) is 0 Å². The quantitative estimate of drug-likeness (QED) is 0.401. The number of hydrogen-bond donors (Lipinski definition) is 5. The number of rotatable bonds is 5. The summed E-state index contributed by atoms with van der Waals surface area (Å²) in [7, 11) is 0. The van der Waals surface area contributed by atoms with E-state index in [0.29, 0.717) is 4.90 Å². The van der Waals surface area contributed by atoms with Crippen LogP contribution in [0.1, 0.15) is 40.0 Å². The molecule has 2 amide bonds. The van der Waals surface area contributed by atoms with Crippen molar-refractivity contribution in [3.05, 3.63) is 35.4 Å². The first-order valence-corrected chi connectivity index (χ1v) is 7.06. The zero-order chi connectivity index (χ0) is 23.3. The summed E-state index contributed by atoms with van der Waals surface area (Å²) in [5, 5.41) is 35.6. The number of amides is 2. The van der Waals surface area contributed by atoms with Crippen LogP contribution in [0, 0.1) is 0 Å². The second-order valence-electron chi connectivity index (χ2n) is 5.15. The summed E-state index contributed by atoms with van der Waals surface area (Å²) in [6.07, 6.45) is -3.62. The molecule has 0 radical (unpaired) electrons. The molecule has 0 aromatic heterocycles. The lowest BCUT2D eigenvalue weighted by atomic mass is 10.1. The number of aliphatic hydroxyl groups excluding tert-OH is 2. The van der Waals surface area contributed by atoms with Crippen LogP contribution in [-0.2, 0) is 9.59 Å². The van der Waals surface area contributed by atoms with E-state index in [2.05, 4.69) is 0 Å². The number of imide groups is 1. The molecule has 1 aromatic rings. The molecular weight excluding hydrogens is 348 g/mol. The first kappa shape index (κ1) is 15.4. The number of aliphatic hydroxyl groups is 2. The number of hydrogen-bond acceptors (Lipinski definition) is 7. The molecule has 2 rings (SSSR count). The Hall–Kier alpha value is -2.82. The molecular formula is C16H20N2O8. The number of aliphatic carboxylic acids is 2.